The first-order chi connectivity index (χ1) is 9.69. The van der Waals surface area contributed by atoms with Crippen LogP contribution >= 0.6 is 24.0 Å². The first-order valence-electron chi connectivity index (χ1n) is 7.82. The fraction of sp³-hybridized carbons (Fsp3) is 0.588. The molecule has 2 aliphatic carbocycles. The van der Waals surface area contributed by atoms with Crippen molar-refractivity contribution in [3.8, 4) is 0 Å². The second kappa shape index (κ2) is 6.99. The largest absolute Gasteiger partial charge is 0.353 e. The van der Waals surface area contributed by atoms with E-state index >= 15 is 0 Å². The lowest BCUT2D eigenvalue weighted by Crippen LogP contribution is -2.40. The molecule has 3 nitrogen and oxygen atoms in total. The molecule has 21 heavy (non-hydrogen) atoms. The predicted octanol–water partition coefficient (Wildman–Crippen LogP) is 3.43. The van der Waals surface area contributed by atoms with Crippen molar-refractivity contribution in [1.82, 2.24) is 10.6 Å². The van der Waals surface area contributed by atoms with Crippen molar-refractivity contribution < 1.29 is 0 Å². The van der Waals surface area contributed by atoms with Crippen molar-refractivity contribution in [1.29, 1.82) is 0 Å². The molecule has 0 radical (unpaired) electrons. The zero-order valence-electron chi connectivity index (χ0n) is 13.1. The Morgan fingerprint density at radius 3 is 2.48 bits per heavy atom. The fourth-order valence-corrected chi connectivity index (χ4v) is 2.87. The summed E-state index contributed by atoms with van der Waals surface area (Å²) in [6, 6.07) is 9.89. The molecule has 0 aromatic heterocycles. The molecule has 4 atom stereocenters. The number of aliphatic imine (C=N–C) groups is 1. The molecule has 0 saturated heterocycles. The quantitative estimate of drug-likeness (QED) is 0.463. The number of rotatable bonds is 4. The van der Waals surface area contributed by atoms with E-state index in [1.807, 2.05) is 0 Å². The third kappa shape index (κ3) is 4.11. The Labute approximate surface area is 145 Å². The molecule has 116 valence electrons. The molecule has 2 saturated carbocycles. The minimum Gasteiger partial charge on any atom is -0.353 e. The highest BCUT2D eigenvalue weighted by molar-refractivity contribution is 14.0. The molecule has 0 amide bonds. The van der Waals surface area contributed by atoms with E-state index in [0.29, 0.717) is 18.0 Å². The Bertz CT molecular complexity index is 515. The molecule has 1 aromatic rings. The summed E-state index contributed by atoms with van der Waals surface area (Å²) in [7, 11) is 0. The van der Waals surface area contributed by atoms with E-state index in [4.69, 9.17) is 0 Å². The Morgan fingerprint density at radius 1 is 1.19 bits per heavy atom. The van der Waals surface area contributed by atoms with Crippen molar-refractivity contribution >= 4 is 29.9 Å². The first-order valence-corrected chi connectivity index (χ1v) is 7.82. The highest BCUT2D eigenvalue weighted by Crippen LogP contribution is 2.42. The lowest BCUT2D eigenvalue weighted by atomic mass is 10.0. The highest BCUT2D eigenvalue weighted by atomic mass is 127. The van der Waals surface area contributed by atoms with E-state index in [-0.39, 0.29) is 24.0 Å². The maximum atomic E-state index is 4.56. The second-order valence-electron chi connectivity index (χ2n) is 6.24. The van der Waals surface area contributed by atoms with Gasteiger partial charge in [-0.05, 0) is 43.7 Å². The van der Waals surface area contributed by atoms with Gasteiger partial charge in [0.15, 0.2) is 5.96 Å². The smallest absolute Gasteiger partial charge is 0.191 e. The van der Waals surface area contributed by atoms with Gasteiger partial charge in [-0.25, -0.2) is 0 Å². The molecule has 4 unspecified atom stereocenters. The predicted molar refractivity (Wildman–Crippen MR) is 99.6 cm³/mol. The molecule has 2 aliphatic rings. The summed E-state index contributed by atoms with van der Waals surface area (Å²) in [6.07, 6.45) is 2.49. The summed E-state index contributed by atoms with van der Waals surface area (Å²) in [5.74, 6) is 2.45. The lowest BCUT2D eigenvalue weighted by molar-refractivity contribution is 0.749. The van der Waals surface area contributed by atoms with E-state index in [9.17, 15) is 0 Å². The van der Waals surface area contributed by atoms with Crippen LogP contribution in [0.3, 0.4) is 0 Å². The fourth-order valence-electron chi connectivity index (χ4n) is 2.87. The highest BCUT2D eigenvalue weighted by Gasteiger charge is 2.41. The van der Waals surface area contributed by atoms with Gasteiger partial charge in [0.05, 0.1) is 0 Å². The number of guanidine groups is 1. The minimum atomic E-state index is 0. The van der Waals surface area contributed by atoms with Crippen molar-refractivity contribution in [2.75, 3.05) is 6.54 Å². The molecule has 2 fully saturated rings. The lowest BCUT2D eigenvalue weighted by Gasteiger charge is -2.12. The molecule has 0 heterocycles. The summed E-state index contributed by atoms with van der Waals surface area (Å²) in [5, 5.41) is 7.14. The van der Waals surface area contributed by atoms with Crippen molar-refractivity contribution in [3.63, 3.8) is 0 Å². The number of halogens is 1. The van der Waals surface area contributed by atoms with Crippen LogP contribution in [-0.2, 0) is 0 Å². The molecule has 0 spiro atoms. The minimum absolute atomic E-state index is 0. The van der Waals surface area contributed by atoms with Gasteiger partial charge in [0.2, 0.25) is 0 Å². The normalized spacial score (nSPS) is 30.3. The molecule has 0 bridgehead atoms. The molecule has 1 aromatic carbocycles. The van der Waals surface area contributed by atoms with Crippen LogP contribution in [0.5, 0.6) is 0 Å². The third-order valence-electron chi connectivity index (χ3n) is 4.45. The van der Waals surface area contributed by atoms with Gasteiger partial charge in [0.1, 0.15) is 0 Å². The maximum Gasteiger partial charge on any atom is 0.191 e. The van der Waals surface area contributed by atoms with Gasteiger partial charge < -0.3 is 10.6 Å². The summed E-state index contributed by atoms with van der Waals surface area (Å²) in [6.45, 7) is 7.41. The number of hydrogen-bond acceptors (Lipinski definition) is 1. The maximum absolute atomic E-state index is 4.56. The van der Waals surface area contributed by atoms with Gasteiger partial charge in [-0.1, -0.05) is 31.2 Å². The SMILES string of the molecule is CCN=C(NC1CC1C)NC1CC1c1ccccc1C.I. The van der Waals surface area contributed by atoms with E-state index in [2.05, 4.69) is 60.7 Å². The van der Waals surface area contributed by atoms with Crippen molar-refractivity contribution in [2.24, 2.45) is 10.9 Å². The number of benzene rings is 1. The standard InChI is InChI=1S/C17H25N3.HI/c1-4-18-17(19-15-9-12(15)3)20-16-10-14(16)13-8-6-5-7-11(13)2;/h5-8,12,14-16H,4,9-10H2,1-3H3,(H2,18,19,20);1H. The number of hydrogen-bond donors (Lipinski definition) is 2. The summed E-state index contributed by atoms with van der Waals surface area (Å²) < 4.78 is 0. The Hall–Kier alpha value is -0.780. The van der Waals surface area contributed by atoms with Crippen molar-refractivity contribution in [2.45, 2.75) is 51.6 Å². The Kier molecular flexibility index (Phi) is 5.52. The first kappa shape index (κ1) is 16.6. The molecular formula is C17H26IN3. The van der Waals surface area contributed by atoms with Gasteiger partial charge >= 0.3 is 0 Å². The number of nitrogens with zero attached hydrogens (tertiary/aromatic N) is 1. The second-order valence-corrected chi connectivity index (χ2v) is 6.24. The third-order valence-corrected chi connectivity index (χ3v) is 4.45. The molecule has 4 heteroatoms. The zero-order chi connectivity index (χ0) is 14.1. The monoisotopic (exact) mass is 399 g/mol. The van der Waals surface area contributed by atoms with Gasteiger partial charge in [-0.2, -0.15) is 0 Å². The van der Waals surface area contributed by atoms with Crippen LogP contribution in [0.25, 0.3) is 0 Å². The topological polar surface area (TPSA) is 36.4 Å². The molecule has 0 aliphatic heterocycles. The average molecular weight is 399 g/mol. The van der Waals surface area contributed by atoms with E-state index in [0.717, 1.165) is 18.4 Å². The van der Waals surface area contributed by atoms with Gasteiger partial charge in [0, 0.05) is 24.5 Å². The van der Waals surface area contributed by atoms with Crippen LogP contribution in [0.2, 0.25) is 0 Å². The van der Waals surface area contributed by atoms with E-state index < -0.39 is 0 Å². The molecule has 3 rings (SSSR count). The number of nitrogens with one attached hydrogen (secondary N) is 2. The average Bonchev–Trinajstić information content (AvgIpc) is 3.31. The van der Waals surface area contributed by atoms with Crippen LogP contribution in [-0.4, -0.2) is 24.6 Å². The van der Waals surface area contributed by atoms with Crippen molar-refractivity contribution in [3.05, 3.63) is 35.4 Å². The van der Waals surface area contributed by atoms with Crippen LogP contribution in [0.1, 0.15) is 43.7 Å². The van der Waals surface area contributed by atoms with Crippen LogP contribution in [0.15, 0.2) is 29.3 Å². The molecular weight excluding hydrogens is 373 g/mol. The van der Waals surface area contributed by atoms with E-state index in [1.165, 1.54) is 24.0 Å². The van der Waals surface area contributed by atoms with Gasteiger partial charge in [-0.15, -0.1) is 24.0 Å². The Balaban J connectivity index is 0.00000161. The van der Waals surface area contributed by atoms with Crippen LogP contribution in [0, 0.1) is 12.8 Å². The molecule has 2 N–H and O–H groups in total. The van der Waals surface area contributed by atoms with Crippen LogP contribution < -0.4 is 10.6 Å². The summed E-state index contributed by atoms with van der Waals surface area (Å²) >= 11 is 0. The van der Waals surface area contributed by atoms with E-state index in [1.54, 1.807) is 0 Å². The van der Waals surface area contributed by atoms with Gasteiger partial charge in [-0.3, -0.25) is 4.99 Å². The summed E-state index contributed by atoms with van der Waals surface area (Å²) in [5.41, 5.74) is 2.89. The van der Waals surface area contributed by atoms with Gasteiger partial charge in [0.25, 0.3) is 0 Å². The summed E-state index contributed by atoms with van der Waals surface area (Å²) in [4.78, 5) is 4.56. The Morgan fingerprint density at radius 2 is 1.86 bits per heavy atom. The number of aryl methyl sites for hydroxylation is 1. The zero-order valence-corrected chi connectivity index (χ0v) is 15.4. The van der Waals surface area contributed by atoms with Crippen LogP contribution in [0.4, 0.5) is 0 Å².